The lowest BCUT2D eigenvalue weighted by molar-refractivity contribution is 0.104. The van der Waals surface area contributed by atoms with E-state index in [1.807, 2.05) is 6.07 Å². The molecule has 0 fully saturated rings. The number of benzene rings is 2. The van der Waals surface area contributed by atoms with Crippen LogP contribution in [0, 0.1) is 11.3 Å². The minimum atomic E-state index is -0.218. The summed E-state index contributed by atoms with van der Waals surface area (Å²) < 4.78 is 10.4. The van der Waals surface area contributed by atoms with Crippen molar-refractivity contribution in [3.05, 3.63) is 59.7 Å². The molecule has 5 heteroatoms. The maximum absolute atomic E-state index is 12.0. The van der Waals surface area contributed by atoms with Crippen LogP contribution in [0.15, 0.2) is 48.5 Å². The van der Waals surface area contributed by atoms with E-state index in [0.717, 1.165) is 5.56 Å². The van der Waals surface area contributed by atoms with Gasteiger partial charge in [0.1, 0.15) is 11.8 Å². The molecule has 0 saturated heterocycles. The SMILES string of the molecule is COc1cc(/C=C/C(=O)c2cccc(O)c2)ccc1OCC#N. The highest BCUT2D eigenvalue weighted by Crippen LogP contribution is 2.28. The van der Waals surface area contributed by atoms with Crippen LogP contribution in [0.5, 0.6) is 17.2 Å². The predicted molar refractivity (Wildman–Crippen MR) is 85.6 cm³/mol. The summed E-state index contributed by atoms with van der Waals surface area (Å²) in [4.78, 5) is 12.0. The summed E-state index contributed by atoms with van der Waals surface area (Å²) >= 11 is 0. The van der Waals surface area contributed by atoms with Crippen molar-refractivity contribution in [3.63, 3.8) is 0 Å². The predicted octanol–water partition coefficient (Wildman–Crippen LogP) is 3.20. The zero-order chi connectivity index (χ0) is 16.7. The van der Waals surface area contributed by atoms with E-state index in [-0.39, 0.29) is 18.1 Å². The Balaban J connectivity index is 2.16. The van der Waals surface area contributed by atoms with Gasteiger partial charge in [0.15, 0.2) is 23.9 Å². The van der Waals surface area contributed by atoms with Gasteiger partial charge < -0.3 is 14.6 Å². The number of nitriles is 1. The monoisotopic (exact) mass is 309 g/mol. The molecular formula is C18H15NO4. The van der Waals surface area contributed by atoms with Crippen molar-refractivity contribution < 1.29 is 19.4 Å². The molecule has 0 unspecified atom stereocenters. The maximum Gasteiger partial charge on any atom is 0.185 e. The molecule has 23 heavy (non-hydrogen) atoms. The molecule has 0 spiro atoms. The first-order valence-corrected chi connectivity index (χ1v) is 6.83. The molecule has 2 aromatic rings. The second kappa shape index (κ2) is 7.66. The van der Waals surface area contributed by atoms with Crippen molar-refractivity contribution in [1.29, 1.82) is 5.26 Å². The van der Waals surface area contributed by atoms with Gasteiger partial charge >= 0.3 is 0 Å². The molecule has 2 rings (SSSR count). The van der Waals surface area contributed by atoms with Crippen LogP contribution in [0.1, 0.15) is 15.9 Å². The number of ketones is 1. The Kier molecular flexibility index (Phi) is 5.37. The number of nitrogens with zero attached hydrogens (tertiary/aromatic N) is 1. The van der Waals surface area contributed by atoms with E-state index in [1.165, 1.54) is 25.3 Å². The Morgan fingerprint density at radius 1 is 1.26 bits per heavy atom. The van der Waals surface area contributed by atoms with Gasteiger partial charge in [0.05, 0.1) is 7.11 Å². The number of phenolic OH excluding ortho intramolecular Hbond substituents is 1. The Bertz CT molecular complexity index is 775. The fraction of sp³-hybridized carbons (Fsp3) is 0.111. The summed E-state index contributed by atoms with van der Waals surface area (Å²) in [5, 5.41) is 17.9. The minimum absolute atomic E-state index is 0.0462. The molecule has 116 valence electrons. The van der Waals surface area contributed by atoms with E-state index in [4.69, 9.17) is 14.7 Å². The largest absolute Gasteiger partial charge is 0.508 e. The molecule has 5 nitrogen and oxygen atoms in total. The minimum Gasteiger partial charge on any atom is -0.508 e. The molecule has 0 radical (unpaired) electrons. The Hall–Kier alpha value is -3.26. The highest BCUT2D eigenvalue weighted by molar-refractivity contribution is 6.07. The number of hydrogen-bond acceptors (Lipinski definition) is 5. The molecule has 0 atom stereocenters. The van der Waals surface area contributed by atoms with Crippen LogP contribution in [-0.4, -0.2) is 24.6 Å². The molecule has 0 amide bonds. The van der Waals surface area contributed by atoms with Gasteiger partial charge in [-0.1, -0.05) is 24.3 Å². The number of carbonyl (C=O) groups is 1. The van der Waals surface area contributed by atoms with Crippen molar-refractivity contribution in [2.45, 2.75) is 0 Å². The van der Waals surface area contributed by atoms with Gasteiger partial charge in [-0.05, 0) is 35.9 Å². The number of rotatable bonds is 6. The van der Waals surface area contributed by atoms with E-state index in [9.17, 15) is 9.90 Å². The van der Waals surface area contributed by atoms with Crippen molar-refractivity contribution in [2.24, 2.45) is 0 Å². The van der Waals surface area contributed by atoms with Gasteiger partial charge in [-0.15, -0.1) is 0 Å². The summed E-state index contributed by atoms with van der Waals surface area (Å²) in [5.41, 5.74) is 1.15. The summed E-state index contributed by atoms with van der Waals surface area (Å²) in [6.07, 6.45) is 3.06. The van der Waals surface area contributed by atoms with Gasteiger partial charge in [-0.3, -0.25) is 4.79 Å². The Morgan fingerprint density at radius 3 is 2.78 bits per heavy atom. The number of carbonyl (C=O) groups excluding carboxylic acids is 1. The van der Waals surface area contributed by atoms with Crippen molar-refractivity contribution >= 4 is 11.9 Å². The molecular weight excluding hydrogens is 294 g/mol. The first-order valence-electron chi connectivity index (χ1n) is 6.83. The topological polar surface area (TPSA) is 79.6 Å². The number of hydrogen-bond donors (Lipinski definition) is 1. The maximum atomic E-state index is 12.0. The zero-order valence-corrected chi connectivity index (χ0v) is 12.5. The van der Waals surface area contributed by atoms with Gasteiger partial charge in [0.25, 0.3) is 0 Å². The van der Waals surface area contributed by atoms with Crippen LogP contribution < -0.4 is 9.47 Å². The fourth-order valence-corrected chi connectivity index (χ4v) is 1.94. The Labute approximate surface area is 134 Å². The highest BCUT2D eigenvalue weighted by Gasteiger charge is 2.06. The molecule has 0 saturated carbocycles. The second-order valence-corrected chi connectivity index (χ2v) is 4.60. The molecule has 0 aliphatic rings. The quantitative estimate of drug-likeness (QED) is 0.654. The second-order valence-electron chi connectivity index (χ2n) is 4.60. The van der Waals surface area contributed by atoms with Crippen LogP contribution in [0.2, 0.25) is 0 Å². The fourth-order valence-electron chi connectivity index (χ4n) is 1.94. The molecule has 0 bridgehead atoms. The number of aromatic hydroxyl groups is 1. The first-order chi connectivity index (χ1) is 11.1. The van der Waals surface area contributed by atoms with E-state index in [2.05, 4.69) is 0 Å². The van der Waals surface area contributed by atoms with Crippen LogP contribution in [0.25, 0.3) is 6.08 Å². The number of methoxy groups -OCH3 is 1. The van der Waals surface area contributed by atoms with Crippen LogP contribution in [0.4, 0.5) is 0 Å². The van der Waals surface area contributed by atoms with E-state index in [0.29, 0.717) is 17.1 Å². The molecule has 0 aliphatic carbocycles. The van der Waals surface area contributed by atoms with Gasteiger partial charge in [0.2, 0.25) is 0 Å². The van der Waals surface area contributed by atoms with E-state index >= 15 is 0 Å². The first kappa shape index (κ1) is 16.1. The van der Waals surface area contributed by atoms with Gasteiger partial charge in [-0.2, -0.15) is 5.26 Å². The third kappa shape index (κ3) is 4.35. The lowest BCUT2D eigenvalue weighted by Crippen LogP contribution is -1.97. The highest BCUT2D eigenvalue weighted by atomic mass is 16.5. The van der Waals surface area contributed by atoms with Crippen LogP contribution >= 0.6 is 0 Å². The summed E-state index contributed by atoms with van der Waals surface area (Å²) in [6.45, 7) is -0.0679. The smallest absolute Gasteiger partial charge is 0.185 e. The molecule has 2 aromatic carbocycles. The average molecular weight is 309 g/mol. The number of ether oxygens (including phenoxy) is 2. The molecule has 1 N–H and O–H groups in total. The summed E-state index contributed by atoms with van der Waals surface area (Å²) in [6, 6.07) is 13.2. The molecule has 0 aromatic heterocycles. The van der Waals surface area contributed by atoms with Crippen molar-refractivity contribution in [1.82, 2.24) is 0 Å². The van der Waals surface area contributed by atoms with Crippen molar-refractivity contribution in [2.75, 3.05) is 13.7 Å². The normalized spacial score (nSPS) is 10.3. The summed E-state index contributed by atoms with van der Waals surface area (Å²) in [7, 11) is 1.50. The Morgan fingerprint density at radius 2 is 2.09 bits per heavy atom. The van der Waals surface area contributed by atoms with E-state index in [1.54, 1.807) is 36.4 Å². The standard InChI is InChI=1S/C18H15NO4/c1-22-18-11-13(6-8-17(18)23-10-9-19)5-7-16(21)14-3-2-4-15(20)12-14/h2-8,11-12,20H,10H2,1H3/b7-5+. The third-order valence-corrected chi connectivity index (χ3v) is 3.04. The van der Waals surface area contributed by atoms with Gasteiger partial charge in [0, 0.05) is 5.56 Å². The average Bonchev–Trinajstić information content (AvgIpc) is 2.58. The molecule has 0 aliphatic heterocycles. The lowest BCUT2D eigenvalue weighted by Gasteiger charge is -2.08. The number of phenols is 1. The third-order valence-electron chi connectivity index (χ3n) is 3.04. The number of allylic oxidation sites excluding steroid dienone is 1. The van der Waals surface area contributed by atoms with E-state index < -0.39 is 0 Å². The lowest BCUT2D eigenvalue weighted by atomic mass is 10.1. The van der Waals surface area contributed by atoms with Crippen LogP contribution in [-0.2, 0) is 0 Å². The van der Waals surface area contributed by atoms with Crippen LogP contribution in [0.3, 0.4) is 0 Å². The van der Waals surface area contributed by atoms with Crippen molar-refractivity contribution in [3.8, 4) is 23.3 Å². The summed E-state index contributed by atoms with van der Waals surface area (Å²) in [5.74, 6) is 0.771. The zero-order valence-electron chi connectivity index (χ0n) is 12.5. The van der Waals surface area contributed by atoms with Gasteiger partial charge in [-0.25, -0.2) is 0 Å². The molecule has 0 heterocycles.